The van der Waals surface area contributed by atoms with E-state index in [1.807, 2.05) is 6.07 Å². The Balaban J connectivity index is 1.51. The van der Waals surface area contributed by atoms with Crippen molar-refractivity contribution in [1.82, 2.24) is 9.55 Å². The third kappa shape index (κ3) is 4.37. The molecule has 0 aliphatic carbocycles. The lowest BCUT2D eigenvalue weighted by Crippen LogP contribution is -2.21. The number of nitrogens with zero attached hydrogens (tertiary/aromatic N) is 3. The van der Waals surface area contributed by atoms with Crippen LogP contribution in [0.25, 0.3) is 0 Å². The Morgan fingerprint density at radius 2 is 2.06 bits per heavy atom. The van der Waals surface area contributed by atoms with Gasteiger partial charge in [0.05, 0.1) is 11.1 Å². The minimum absolute atomic E-state index is 0.0289. The number of fused-ring (bicyclic) bond motifs is 1. The van der Waals surface area contributed by atoms with Crippen LogP contribution in [0.3, 0.4) is 0 Å². The molecule has 164 valence electrons. The van der Waals surface area contributed by atoms with Crippen molar-refractivity contribution in [2.75, 3.05) is 11.9 Å². The van der Waals surface area contributed by atoms with Crippen molar-refractivity contribution >= 4 is 5.82 Å². The van der Waals surface area contributed by atoms with Gasteiger partial charge in [0, 0.05) is 26.1 Å². The summed E-state index contributed by atoms with van der Waals surface area (Å²) in [6, 6.07) is 11.2. The molecule has 0 bridgehead atoms. The van der Waals surface area contributed by atoms with Gasteiger partial charge in [0.25, 0.3) is 5.92 Å². The van der Waals surface area contributed by atoms with E-state index >= 15 is 0 Å². The highest BCUT2D eigenvalue weighted by molar-refractivity contribution is 5.48. The van der Waals surface area contributed by atoms with Gasteiger partial charge in [0.15, 0.2) is 0 Å². The van der Waals surface area contributed by atoms with Crippen LogP contribution in [0.4, 0.5) is 19.0 Å². The Labute approximate surface area is 180 Å². The number of nitriles is 1. The van der Waals surface area contributed by atoms with Crippen molar-refractivity contribution < 1.29 is 22.6 Å². The van der Waals surface area contributed by atoms with Crippen molar-refractivity contribution in [3.8, 4) is 23.4 Å². The Bertz CT molecular complexity index is 1280. The first kappa shape index (κ1) is 21.2. The fourth-order valence-corrected chi connectivity index (χ4v) is 3.25. The Hall–Kier alpha value is -4.00. The number of benzene rings is 2. The first-order valence-electron chi connectivity index (χ1n) is 9.62. The molecule has 0 atom stereocenters. The number of hydrogen-bond donors (Lipinski definition) is 1. The highest BCUT2D eigenvalue weighted by Crippen LogP contribution is 2.34. The summed E-state index contributed by atoms with van der Waals surface area (Å²) < 4.78 is 53.5. The predicted octanol–water partition coefficient (Wildman–Crippen LogP) is 4.16. The van der Waals surface area contributed by atoms with Crippen molar-refractivity contribution in [2.24, 2.45) is 0 Å². The number of anilines is 1. The summed E-state index contributed by atoms with van der Waals surface area (Å²) in [5, 5.41) is 12.5. The van der Waals surface area contributed by atoms with E-state index in [1.54, 1.807) is 12.1 Å². The normalized spacial score (nSPS) is 12.6. The molecule has 1 aliphatic heterocycles. The number of alkyl halides is 2. The molecule has 7 nitrogen and oxygen atoms in total. The molecule has 4 rings (SSSR count). The molecule has 0 fully saturated rings. The molecular formula is C22H17F3N4O3. The quantitative estimate of drug-likeness (QED) is 0.617. The summed E-state index contributed by atoms with van der Waals surface area (Å²) in [4.78, 5) is 15.8. The SMILES string of the molecule is CC(F)(F)c1cc(Oc2ccc(COc3cc4n(c(=O)n3)CCN4)cc2C#N)ccc1F. The first-order chi connectivity index (χ1) is 15.2. The van der Waals surface area contributed by atoms with E-state index in [9.17, 15) is 23.2 Å². The molecule has 32 heavy (non-hydrogen) atoms. The maximum atomic E-state index is 13.7. The van der Waals surface area contributed by atoms with Crippen molar-refractivity contribution in [1.29, 1.82) is 5.26 Å². The molecule has 2 aromatic carbocycles. The molecule has 0 saturated heterocycles. The van der Waals surface area contributed by atoms with Crippen LogP contribution in [0, 0.1) is 17.1 Å². The molecule has 10 heteroatoms. The first-order valence-corrected chi connectivity index (χ1v) is 9.62. The number of halogens is 3. The topological polar surface area (TPSA) is 89.2 Å². The van der Waals surface area contributed by atoms with Crippen molar-refractivity contribution in [2.45, 2.75) is 26.0 Å². The van der Waals surface area contributed by atoms with Gasteiger partial charge in [-0.3, -0.25) is 4.57 Å². The third-order valence-corrected chi connectivity index (χ3v) is 4.82. The van der Waals surface area contributed by atoms with Crippen molar-refractivity contribution in [3.05, 3.63) is 75.5 Å². The van der Waals surface area contributed by atoms with Gasteiger partial charge < -0.3 is 14.8 Å². The van der Waals surface area contributed by atoms with Crippen LogP contribution in [0.2, 0.25) is 0 Å². The lowest BCUT2D eigenvalue weighted by atomic mass is 10.1. The zero-order chi connectivity index (χ0) is 22.9. The smallest absolute Gasteiger partial charge is 0.352 e. The number of nitrogens with one attached hydrogen (secondary N) is 1. The van der Waals surface area contributed by atoms with Gasteiger partial charge in [0.2, 0.25) is 5.88 Å². The molecule has 0 unspecified atom stereocenters. The Morgan fingerprint density at radius 1 is 1.25 bits per heavy atom. The van der Waals surface area contributed by atoms with E-state index in [0.29, 0.717) is 31.4 Å². The summed E-state index contributed by atoms with van der Waals surface area (Å²) >= 11 is 0. The minimum Gasteiger partial charge on any atom is -0.473 e. The van der Waals surface area contributed by atoms with Crippen molar-refractivity contribution in [3.63, 3.8) is 0 Å². The van der Waals surface area contributed by atoms with Gasteiger partial charge in [-0.05, 0) is 35.9 Å². The molecule has 1 aromatic heterocycles. The average Bonchev–Trinajstić information content (AvgIpc) is 3.23. The van der Waals surface area contributed by atoms with Crippen LogP contribution in [0.15, 0.2) is 47.3 Å². The summed E-state index contributed by atoms with van der Waals surface area (Å²) in [6.07, 6.45) is 0. The van der Waals surface area contributed by atoms with Gasteiger partial charge in [-0.2, -0.15) is 10.2 Å². The highest BCUT2D eigenvalue weighted by Gasteiger charge is 2.28. The average molecular weight is 442 g/mol. The van der Waals surface area contributed by atoms with Gasteiger partial charge >= 0.3 is 5.69 Å². The van der Waals surface area contributed by atoms with Crippen LogP contribution in [-0.2, 0) is 19.1 Å². The van der Waals surface area contributed by atoms with Gasteiger partial charge in [0.1, 0.15) is 35.8 Å². The maximum Gasteiger partial charge on any atom is 0.352 e. The summed E-state index contributed by atoms with van der Waals surface area (Å²) in [5.41, 5.74) is -0.487. The second-order valence-corrected chi connectivity index (χ2v) is 7.20. The molecule has 1 aliphatic rings. The largest absolute Gasteiger partial charge is 0.473 e. The zero-order valence-electron chi connectivity index (χ0n) is 16.9. The molecule has 0 saturated carbocycles. The molecule has 0 amide bonds. The molecule has 2 heterocycles. The molecular weight excluding hydrogens is 425 g/mol. The number of ether oxygens (including phenoxy) is 2. The van der Waals surface area contributed by atoms with E-state index in [0.717, 1.165) is 12.1 Å². The minimum atomic E-state index is -3.38. The molecule has 0 radical (unpaired) electrons. The van der Waals surface area contributed by atoms with E-state index in [1.165, 1.54) is 22.8 Å². The molecule has 3 aromatic rings. The second-order valence-electron chi connectivity index (χ2n) is 7.20. The van der Waals surface area contributed by atoms with Gasteiger partial charge in [-0.15, -0.1) is 0 Å². The van der Waals surface area contributed by atoms with Crippen LogP contribution < -0.4 is 20.5 Å². The number of aromatic nitrogens is 2. The van der Waals surface area contributed by atoms with E-state index in [2.05, 4.69) is 10.3 Å². The molecule has 1 N–H and O–H groups in total. The fourth-order valence-electron chi connectivity index (χ4n) is 3.25. The summed E-state index contributed by atoms with van der Waals surface area (Å²) in [7, 11) is 0. The third-order valence-electron chi connectivity index (χ3n) is 4.82. The Kier molecular flexibility index (Phi) is 5.48. The van der Waals surface area contributed by atoms with Gasteiger partial charge in [-0.1, -0.05) is 6.07 Å². The van der Waals surface area contributed by atoms with E-state index in [-0.39, 0.29) is 29.5 Å². The maximum absolute atomic E-state index is 13.7. The lowest BCUT2D eigenvalue weighted by Gasteiger charge is -2.14. The zero-order valence-corrected chi connectivity index (χ0v) is 16.9. The van der Waals surface area contributed by atoms with Crippen LogP contribution in [-0.4, -0.2) is 16.1 Å². The van der Waals surface area contributed by atoms with Crippen LogP contribution in [0.1, 0.15) is 23.6 Å². The standard InChI is InChI=1S/C22H17F3N4O3/c1-22(24,25)16-9-15(3-4-17(16)23)32-18-5-2-13(8-14(18)11-26)12-31-20-10-19-27-6-7-29(19)21(30)28-20/h2-5,8-10,27H,6-7,12H2,1H3. The van der Waals surface area contributed by atoms with E-state index in [4.69, 9.17) is 9.47 Å². The predicted molar refractivity (Wildman–Crippen MR) is 109 cm³/mol. The van der Waals surface area contributed by atoms with Gasteiger partial charge in [-0.25, -0.2) is 18.0 Å². The monoisotopic (exact) mass is 442 g/mol. The number of rotatable bonds is 6. The van der Waals surface area contributed by atoms with Crippen LogP contribution in [0.5, 0.6) is 17.4 Å². The fraction of sp³-hybridized carbons (Fsp3) is 0.227. The second kappa shape index (κ2) is 8.26. The Morgan fingerprint density at radius 3 is 2.81 bits per heavy atom. The van der Waals surface area contributed by atoms with Crippen LogP contribution >= 0.6 is 0 Å². The summed E-state index contributed by atoms with van der Waals surface area (Å²) in [6.45, 7) is 1.80. The highest BCUT2D eigenvalue weighted by atomic mass is 19.3. The van der Waals surface area contributed by atoms with E-state index < -0.39 is 23.0 Å². The number of hydrogen-bond acceptors (Lipinski definition) is 6. The molecule has 0 spiro atoms. The summed E-state index contributed by atoms with van der Waals surface area (Å²) in [5.74, 6) is -3.57. The lowest BCUT2D eigenvalue weighted by molar-refractivity contribution is 0.0135.